The zero-order valence-electron chi connectivity index (χ0n) is 10.6. The number of aromatic nitrogens is 2. The van der Waals surface area contributed by atoms with Crippen LogP contribution in [0.3, 0.4) is 0 Å². The zero-order valence-corrected chi connectivity index (χ0v) is 10.6. The van der Waals surface area contributed by atoms with Crippen LogP contribution >= 0.6 is 0 Å². The largest absolute Gasteiger partial charge is 0.383 e. The van der Waals surface area contributed by atoms with Crippen molar-refractivity contribution < 1.29 is 4.74 Å². The predicted octanol–water partition coefficient (Wildman–Crippen LogP) is 1.37. The van der Waals surface area contributed by atoms with Gasteiger partial charge in [0.2, 0.25) is 0 Å². The summed E-state index contributed by atoms with van der Waals surface area (Å²) in [6, 6.07) is 0.478. The smallest absolute Gasteiger partial charge is 0.0615 e. The molecule has 1 heterocycles. The Labute approximate surface area is 98.0 Å². The maximum atomic E-state index is 5.18. The molecule has 1 aromatic rings. The molecule has 0 saturated carbocycles. The van der Waals surface area contributed by atoms with Crippen molar-refractivity contribution in [3.8, 4) is 0 Å². The second-order valence-corrected chi connectivity index (χ2v) is 4.17. The molecule has 0 spiro atoms. The Morgan fingerprint density at radius 1 is 1.56 bits per heavy atom. The summed E-state index contributed by atoms with van der Waals surface area (Å²) in [5.74, 6) is 0. The van der Waals surface area contributed by atoms with Crippen LogP contribution in [-0.4, -0.2) is 36.1 Å². The minimum atomic E-state index is 0.478. The number of nitrogens with zero attached hydrogens (tertiary/aromatic N) is 2. The van der Waals surface area contributed by atoms with Crippen LogP contribution in [0.4, 0.5) is 0 Å². The van der Waals surface area contributed by atoms with Crippen molar-refractivity contribution in [1.82, 2.24) is 15.1 Å². The van der Waals surface area contributed by atoms with Gasteiger partial charge in [0, 0.05) is 26.4 Å². The number of nitrogens with one attached hydrogen (secondary N) is 1. The molecule has 1 N–H and O–H groups in total. The molecule has 0 fully saturated rings. The Kier molecular flexibility index (Phi) is 6.11. The minimum absolute atomic E-state index is 0.478. The summed E-state index contributed by atoms with van der Waals surface area (Å²) in [7, 11) is 3.70. The zero-order chi connectivity index (χ0) is 11.8. The van der Waals surface area contributed by atoms with E-state index in [1.807, 2.05) is 17.9 Å². The van der Waals surface area contributed by atoms with Gasteiger partial charge >= 0.3 is 0 Å². The standard InChI is InChI=1S/C12H23N3O/c1-4-5-12(10-16-3)13-7-6-11-8-14-15(2)9-11/h8-9,12-13H,4-7,10H2,1-3H3. The molecule has 1 unspecified atom stereocenters. The van der Waals surface area contributed by atoms with Crippen LogP contribution in [-0.2, 0) is 18.2 Å². The Hall–Kier alpha value is -0.870. The highest BCUT2D eigenvalue weighted by Gasteiger charge is 2.06. The molecule has 0 aliphatic heterocycles. The number of methoxy groups -OCH3 is 1. The Morgan fingerprint density at radius 2 is 2.38 bits per heavy atom. The first kappa shape index (κ1) is 13.2. The van der Waals surface area contributed by atoms with Gasteiger partial charge < -0.3 is 10.1 Å². The lowest BCUT2D eigenvalue weighted by Crippen LogP contribution is -2.34. The van der Waals surface area contributed by atoms with Gasteiger partial charge in [0.15, 0.2) is 0 Å². The van der Waals surface area contributed by atoms with E-state index in [1.54, 1.807) is 7.11 Å². The molecule has 0 aliphatic rings. The van der Waals surface area contributed by atoms with Crippen molar-refractivity contribution in [2.45, 2.75) is 32.2 Å². The molecule has 0 amide bonds. The third-order valence-electron chi connectivity index (χ3n) is 2.61. The van der Waals surface area contributed by atoms with Crippen LogP contribution in [0.25, 0.3) is 0 Å². The predicted molar refractivity (Wildman–Crippen MR) is 65.5 cm³/mol. The van der Waals surface area contributed by atoms with Gasteiger partial charge in [-0.2, -0.15) is 5.10 Å². The fourth-order valence-electron chi connectivity index (χ4n) is 1.82. The molecule has 16 heavy (non-hydrogen) atoms. The summed E-state index contributed by atoms with van der Waals surface area (Å²) in [5.41, 5.74) is 1.28. The molecule has 4 heteroatoms. The first-order valence-electron chi connectivity index (χ1n) is 5.96. The number of ether oxygens (including phenoxy) is 1. The lowest BCUT2D eigenvalue weighted by atomic mass is 10.1. The van der Waals surface area contributed by atoms with Gasteiger partial charge in [0.25, 0.3) is 0 Å². The number of hydrogen-bond acceptors (Lipinski definition) is 3. The Balaban J connectivity index is 2.21. The van der Waals surface area contributed by atoms with Crippen LogP contribution in [0, 0.1) is 0 Å². The molecule has 0 aliphatic carbocycles. The van der Waals surface area contributed by atoms with Crippen LogP contribution < -0.4 is 5.32 Å². The second-order valence-electron chi connectivity index (χ2n) is 4.17. The third-order valence-corrected chi connectivity index (χ3v) is 2.61. The molecule has 92 valence electrons. The summed E-state index contributed by atoms with van der Waals surface area (Å²) in [4.78, 5) is 0. The first-order valence-corrected chi connectivity index (χ1v) is 5.96. The molecule has 0 radical (unpaired) electrons. The van der Waals surface area contributed by atoms with Crippen molar-refractivity contribution in [3.05, 3.63) is 18.0 Å². The average Bonchev–Trinajstić information content (AvgIpc) is 2.65. The molecule has 0 bridgehead atoms. The number of rotatable bonds is 8. The Bertz CT molecular complexity index is 280. The lowest BCUT2D eigenvalue weighted by Gasteiger charge is -2.16. The molecule has 1 atom stereocenters. The molecule has 0 saturated heterocycles. The summed E-state index contributed by atoms with van der Waals surface area (Å²) in [5, 5.41) is 7.67. The van der Waals surface area contributed by atoms with Gasteiger partial charge in [0.1, 0.15) is 0 Å². The molecule has 1 rings (SSSR count). The minimum Gasteiger partial charge on any atom is -0.383 e. The number of hydrogen-bond donors (Lipinski definition) is 1. The number of aryl methyl sites for hydroxylation is 1. The van der Waals surface area contributed by atoms with E-state index in [9.17, 15) is 0 Å². The fourth-order valence-corrected chi connectivity index (χ4v) is 1.82. The van der Waals surface area contributed by atoms with Crippen molar-refractivity contribution in [2.75, 3.05) is 20.3 Å². The quantitative estimate of drug-likeness (QED) is 0.726. The highest BCUT2D eigenvalue weighted by Crippen LogP contribution is 1.99. The van der Waals surface area contributed by atoms with Gasteiger partial charge in [0.05, 0.1) is 12.8 Å². The van der Waals surface area contributed by atoms with Gasteiger partial charge in [-0.25, -0.2) is 0 Å². The van der Waals surface area contributed by atoms with Crippen LogP contribution in [0.15, 0.2) is 12.4 Å². The highest BCUT2D eigenvalue weighted by molar-refractivity contribution is 5.03. The highest BCUT2D eigenvalue weighted by atomic mass is 16.5. The topological polar surface area (TPSA) is 39.1 Å². The van der Waals surface area contributed by atoms with Gasteiger partial charge in [-0.15, -0.1) is 0 Å². The maximum Gasteiger partial charge on any atom is 0.0615 e. The monoisotopic (exact) mass is 225 g/mol. The van der Waals surface area contributed by atoms with Crippen LogP contribution in [0.1, 0.15) is 25.3 Å². The van der Waals surface area contributed by atoms with E-state index in [-0.39, 0.29) is 0 Å². The SMILES string of the molecule is CCCC(COC)NCCc1cnn(C)c1. The van der Waals surface area contributed by atoms with E-state index in [1.165, 1.54) is 18.4 Å². The Morgan fingerprint density at radius 3 is 2.94 bits per heavy atom. The first-order chi connectivity index (χ1) is 7.76. The van der Waals surface area contributed by atoms with Crippen molar-refractivity contribution in [1.29, 1.82) is 0 Å². The fraction of sp³-hybridized carbons (Fsp3) is 0.750. The summed E-state index contributed by atoms with van der Waals surface area (Å²) < 4.78 is 7.03. The van der Waals surface area contributed by atoms with E-state index in [4.69, 9.17) is 4.74 Å². The van der Waals surface area contributed by atoms with E-state index in [2.05, 4.69) is 23.5 Å². The van der Waals surface area contributed by atoms with E-state index in [0.29, 0.717) is 6.04 Å². The van der Waals surface area contributed by atoms with Crippen molar-refractivity contribution in [3.63, 3.8) is 0 Å². The van der Waals surface area contributed by atoms with E-state index in [0.717, 1.165) is 19.6 Å². The second kappa shape index (κ2) is 7.41. The van der Waals surface area contributed by atoms with Gasteiger partial charge in [-0.3, -0.25) is 4.68 Å². The summed E-state index contributed by atoms with van der Waals surface area (Å²) in [6.45, 7) is 3.98. The normalized spacial score (nSPS) is 12.9. The van der Waals surface area contributed by atoms with E-state index >= 15 is 0 Å². The molecule has 4 nitrogen and oxygen atoms in total. The van der Waals surface area contributed by atoms with Gasteiger partial charge in [-0.05, 0) is 24.9 Å². The molecular formula is C12H23N3O. The molecule has 0 aromatic carbocycles. The van der Waals surface area contributed by atoms with Crippen molar-refractivity contribution in [2.24, 2.45) is 7.05 Å². The summed E-state index contributed by atoms with van der Waals surface area (Å²) >= 11 is 0. The average molecular weight is 225 g/mol. The van der Waals surface area contributed by atoms with Gasteiger partial charge in [-0.1, -0.05) is 13.3 Å². The third kappa shape index (κ3) is 4.77. The van der Waals surface area contributed by atoms with E-state index < -0.39 is 0 Å². The summed E-state index contributed by atoms with van der Waals surface area (Å²) in [6.07, 6.45) is 7.37. The maximum absolute atomic E-state index is 5.18. The van der Waals surface area contributed by atoms with Crippen LogP contribution in [0.5, 0.6) is 0 Å². The molecular weight excluding hydrogens is 202 g/mol. The lowest BCUT2D eigenvalue weighted by molar-refractivity contribution is 0.162. The molecule has 1 aromatic heterocycles. The van der Waals surface area contributed by atoms with Crippen molar-refractivity contribution >= 4 is 0 Å². The van der Waals surface area contributed by atoms with Crippen LogP contribution in [0.2, 0.25) is 0 Å².